The van der Waals surface area contributed by atoms with Crippen LogP contribution in [-0.4, -0.2) is 25.2 Å². The molecule has 102 valence electrons. The molecule has 0 amide bonds. The van der Waals surface area contributed by atoms with Gasteiger partial charge in [0.15, 0.2) is 0 Å². The summed E-state index contributed by atoms with van der Waals surface area (Å²) in [6, 6.07) is 0. The van der Waals surface area contributed by atoms with Gasteiger partial charge in [-0.25, -0.2) is 4.98 Å². The Balaban J connectivity index is 2.36. The van der Waals surface area contributed by atoms with Gasteiger partial charge in [-0.3, -0.25) is 0 Å². The Bertz CT molecular complexity index is 392. The molecule has 0 aromatic carbocycles. The maximum Gasteiger partial charge on any atom is 0.116 e. The van der Waals surface area contributed by atoms with Crippen molar-refractivity contribution in [3.8, 4) is 0 Å². The molecular weight excluding hydrogens is 244 g/mol. The number of likely N-dealkylation sites (N-methyl/N-ethyl adjacent to an activating group) is 1. The molecule has 1 aromatic heterocycles. The lowest BCUT2D eigenvalue weighted by molar-refractivity contribution is 0.0936. The van der Waals surface area contributed by atoms with Gasteiger partial charge in [0, 0.05) is 12.0 Å². The molecule has 2 rings (SSSR count). The Kier molecular flexibility index (Phi) is 4.41. The summed E-state index contributed by atoms with van der Waals surface area (Å²) >= 11 is 1.84. The van der Waals surface area contributed by atoms with Crippen LogP contribution < -0.4 is 5.32 Å². The van der Waals surface area contributed by atoms with E-state index in [0.29, 0.717) is 5.92 Å². The van der Waals surface area contributed by atoms with E-state index in [1.54, 1.807) is 7.11 Å². The number of nitrogens with zero attached hydrogens (tertiary/aromatic N) is 1. The number of hydrogen-bond donors (Lipinski definition) is 1. The van der Waals surface area contributed by atoms with Crippen molar-refractivity contribution in [3.63, 3.8) is 0 Å². The van der Waals surface area contributed by atoms with E-state index in [-0.39, 0.29) is 5.54 Å². The average Bonchev–Trinajstić information content (AvgIpc) is 3.13. The van der Waals surface area contributed by atoms with E-state index in [2.05, 4.69) is 26.1 Å². The number of thiazole rings is 1. The van der Waals surface area contributed by atoms with Crippen molar-refractivity contribution in [2.75, 3.05) is 20.3 Å². The van der Waals surface area contributed by atoms with E-state index in [9.17, 15) is 0 Å². The molecule has 1 aromatic rings. The Labute approximate surface area is 114 Å². The molecule has 1 aliphatic rings. The molecule has 3 nitrogen and oxygen atoms in total. The van der Waals surface area contributed by atoms with E-state index in [1.807, 2.05) is 11.3 Å². The second-order valence-corrected chi connectivity index (χ2v) is 6.29. The largest absolute Gasteiger partial charge is 0.382 e. The molecule has 18 heavy (non-hydrogen) atoms. The molecule has 4 heteroatoms. The fourth-order valence-corrected chi connectivity index (χ4v) is 3.92. The molecule has 1 fully saturated rings. The fraction of sp³-hybridized carbons (Fsp3) is 0.786. The van der Waals surface area contributed by atoms with Crippen LogP contribution in [-0.2, 0) is 16.7 Å². The normalized spacial score (nSPS) is 18.9. The maximum atomic E-state index is 5.50. The van der Waals surface area contributed by atoms with E-state index in [4.69, 9.17) is 9.72 Å². The Morgan fingerprint density at radius 2 is 2.17 bits per heavy atom. The van der Waals surface area contributed by atoms with Crippen LogP contribution in [0.15, 0.2) is 0 Å². The zero-order valence-electron chi connectivity index (χ0n) is 11.9. The van der Waals surface area contributed by atoms with Gasteiger partial charge in [-0.2, -0.15) is 0 Å². The summed E-state index contributed by atoms with van der Waals surface area (Å²) in [5, 5.41) is 4.89. The summed E-state index contributed by atoms with van der Waals surface area (Å²) in [6.07, 6.45) is 3.59. The molecule has 0 saturated heterocycles. The van der Waals surface area contributed by atoms with Gasteiger partial charge in [0.05, 0.1) is 17.8 Å². The van der Waals surface area contributed by atoms with Crippen LogP contribution in [0.25, 0.3) is 0 Å². The number of aryl methyl sites for hydroxylation is 2. The molecule has 1 N–H and O–H groups in total. The first-order chi connectivity index (χ1) is 8.67. The molecule has 1 atom stereocenters. The van der Waals surface area contributed by atoms with Crippen LogP contribution in [0.2, 0.25) is 0 Å². The minimum absolute atomic E-state index is 0.0493. The van der Waals surface area contributed by atoms with Crippen molar-refractivity contribution in [3.05, 3.63) is 15.6 Å². The number of nitrogens with one attached hydrogen (secondary N) is 1. The van der Waals surface area contributed by atoms with Gasteiger partial charge >= 0.3 is 0 Å². The van der Waals surface area contributed by atoms with Gasteiger partial charge in [-0.05, 0) is 38.6 Å². The Morgan fingerprint density at radius 1 is 1.44 bits per heavy atom. The highest BCUT2D eigenvalue weighted by molar-refractivity contribution is 7.11. The lowest BCUT2D eigenvalue weighted by Gasteiger charge is -2.32. The molecule has 1 unspecified atom stereocenters. The van der Waals surface area contributed by atoms with E-state index in [0.717, 1.165) is 19.6 Å². The smallest absolute Gasteiger partial charge is 0.116 e. The van der Waals surface area contributed by atoms with Crippen molar-refractivity contribution < 1.29 is 4.74 Å². The molecule has 0 aliphatic heterocycles. The summed E-state index contributed by atoms with van der Waals surface area (Å²) in [5.41, 5.74) is 1.20. The minimum Gasteiger partial charge on any atom is -0.382 e. The molecule has 1 saturated carbocycles. The lowest BCUT2D eigenvalue weighted by Crippen LogP contribution is -2.48. The van der Waals surface area contributed by atoms with E-state index in [1.165, 1.54) is 28.4 Å². The first-order valence-electron chi connectivity index (χ1n) is 6.88. The van der Waals surface area contributed by atoms with Gasteiger partial charge in [0.2, 0.25) is 0 Å². The summed E-state index contributed by atoms with van der Waals surface area (Å²) in [4.78, 5) is 6.23. The van der Waals surface area contributed by atoms with Crippen molar-refractivity contribution in [1.29, 1.82) is 0 Å². The standard InChI is InChI=1S/C14H24N2OS/c1-5-12-10(3)18-13(16-12)14(9-17-4,15-6-2)11-7-8-11/h11,15H,5-9H2,1-4H3. The van der Waals surface area contributed by atoms with Crippen LogP contribution in [0.3, 0.4) is 0 Å². The maximum absolute atomic E-state index is 5.50. The Hall–Kier alpha value is -0.450. The van der Waals surface area contributed by atoms with Crippen molar-refractivity contribution in [2.24, 2.45) is 5.92 Å². The van der Waals surface area contributed by atoms with Crippen molar-refractivity contribution >= 4 is 11.3 Å². The van der Waals surface area contributed by atoms with E-state index >= 15 is 0 Å². The van der Waals surface area contributed by atoms with Gasteiger partial charge < -0.3 is 10.1 Å². The highest BCUT2D eigenvalue weighted by Gasteiger charge is 2.48. The fourth-order valence-electron chi connectivity index (χ4n) is 2.69. The second kappa shape index (κ2) is 5.68. The zero-order chi connectivity index (χ0) is 13.2. The third kappa shape index (κ3) is 2.46. The molecule has 1 aliphatic carbocycles. The minimum atomic E-state index is -0.0493. The van der Waals surface area contributed by atoms with Gasteiger partial charge in [0.1, 0.15) is 5.01 Å². The first kappa shape index (κ1) is 14.0. The van der Waals surface area contributed by atoms with Gasteiger partial charge in [-0.15, -0.1) is 11.3 Å². The van der Waals surface area contributed by atoms with Crippen molar-refractivity contribution in [2.45, 2.75) is 45.6 Å². The van der Waals surface area contributed by atoms with Crippen LogP contribution in [0.1, 0.15) is 42.3 Å². The number of hydrogen-bond acceptors (Lipinski definition) is 4. The average molecular weight is 268 g/mol. The highest BCUT2D eigenvalue weighted by Crippen LogP contribution is 2.47. The van der Waals surface area contributed by atoms with E-state index < -0.39 is 0 Å². The lowest BCUT2D eigenvalue weighted by atomic mass is 9.94. The number of methoxy groups -OCH3 is 1. The quantitative estimate of drug-likeness (QED) is 0.825. The summed E-state index contributed by atoms with van der Waals surface area (Å²) < 4.78 is 5.50. The highest BCUT2D eigenvalue weighted by atomic mass is 32.1. The molecule has 0 radical (unpaired) electrons. The molecule has 0 spiro atoms. The molecular formula is C14H24N2OS. The monoisotopic (exact) mass is 268 g/mol. The topological polar surface area (TPSA) is 34.1 Å². The summed E-state index contributed by atoms with van der Waals surface area (Å²) in [6.45, 7) is 8.19. The third-order valence-electron chi connectivity index (χ3n) is 3.75. The van der Waals surface area contributed by atoms with Gasteiger partial charge in [0.25, 0.3) is 0 Å². The summed E-state index contributed by atoms with van der Waals surface area (Å²) in [7, 11) is 1.79. The predicted octanol–water partition coefficient (Wildman–Crippen LogP) is 2.88. The second-order valence-electron chi connectivity index (χ2n) is 5.08. The number of ether oxygens (including phenoxy) is 1. The SMILES string of the molecule is CCNC(COC)(c1nc(CC)c(C)s1)C1CC1. The number of aromatic nitrogens is 1. The van der Waals surface area contributed by atoms with Crippen molar-refractivity contribution in [1.82, 2.24) is 10.3 Å². The Morgan fingerprint density at radius 3 is 2.61 bits per heavy atom. The van der Waals surface area contributed by atoms with Crippen LogP contribution in [0.4, 0.5) is 0 Å². The zero-order valence-corrected chi connectivity index (χ0v) is 12.7. The third-order valence-corrected chi connectivity index (χ3v) is 4.94. The summed E-state index contributed by atoms with van der Waals surface area (Å²) in [5.74, 6) is 0.688. The predicted molar refractivity (Wildman–Crippen MR) is 76.2 cm³/mol. The van der Waals surface area contributed by atoms with Crippen LogP contribution in [0.5, 0.6) is 0 Å². The molecule has 0 bridgehead atoms. The molecule has 1 heterocycles. The number of rotatable bonds is 7. The van der Waals surface area contributed by atoms with Crippen LogP contribution >= 0.6 is 11.3 Å². The first-order valence-corrected chi connectivity index (χ1v) is 7.70. The van der Waals surface area contributed by atoms with Gasteiger partial charge in [-0.1, -0.05) is 13.8 Å². The van der Waals surface area contributed by atoms with Crippen LogP contribution in [0, 0.1) is 12.8 Å².